The minimum absolute atomic E-state index is 0.150. The molecule has 0 aliphatic carbocycles. The maximum Gasteiger partial charge on any atom is 0.310 e. The maximum atomic E-state index is 11.1. The Labute approximate surface area is 191 Å². The standard InChI is InChI=1S/C13H15NO3.C12H13NO3/c1-8(13(15)16)11-7-14(2)12-5-4-9(17-3)6-10(11)12;1-7(12(15)16)10-6-13(2)11-4-3-8(14)5-9(10)11/h4-8H,1-3H3,(H,15,16);3-7,14H,1-2H3,(H,15,16). The van der Waals surface area contributed by atoms with Gasteiger partial charge in [-0.15, -0.1) is 0 Å². The van der Waals surface area contributed by atoms with Crippen molar-refractivity contribution in [1.29, 1.82) is 0 Å². The van der Waals surface area contributed by atoms with Crippen LogP contribution < -0.4 is 4.74 Å². The fourth-order valence-electron chi connectivity index (χ4n) is 3.90. The Morgan fingerprint density at radius 2 is 1.27 bits per heavy atom. The zero-order chi connectivity index (χ0) is 24.4. The number of carboxylic acids is 2. The van der Waals surface area contributed by atoms with E-state index in [0.717, 1.165) is 38.7 Å². The average Bonchev–Trinajstić information content (AvgIpc) is 3.28. The lowest BCUT2D eigenvalue weighted by molar-refractivity contribution is -0.139. The summed E-state index contributed by atoms with van der Waals surface area (Å²) in [5.41, 5.74) is 3.46. The molecule has 2 aromatic heterocycles. The highest BCUT2D eigenvalue weighted by atomic mass is 16.5. The third-order valence-electron chi connectivity index (χ3n) is 5.91. The van der Waals surface area contributed by atoms with E-state index in [0.29, 0.717) is 0 Å². The van der Waals surface area contributed by atoms with Crippen molar-refractivity contribution < 1.29 is 29.6 Å². The number of phenols is 1. The third-order valence-corrected chi connectivity index (χ3v) is 5.91. The second-order valence-electron chi connectivity index (χ2n) is 8.10. The number of benzene rings is 2. The smallest absolute Gasteiger partial charge is 0.310 e. The van der Waals surface area contributed by atoms with Crippen LogP contribution in [0.5, 0.6) is 11.5 Å². The maximum absolute atomic E-state index is 11.1. The number of nitrogens with zero attached hydrogens (tertiary/aromatic N) is 2. The molecule has 174 valence electrons. The van der Waals surface area contributed by atoms with Crippen molar-refractivity contribution in [2.24, 2.45) is 14.1 Å². The monoisotopic (exact) mass is 452 g/mol. The molecule has 0 fully saturated rings. The fraction of sp³-hybridized carbons (Fsp3) is 0.280. The Morgan fingerprint density at radius 3 is 1.73 bits per heavy atom. The molecule has 0 saturated carbocycles. The first-order chi connectivity index (χ1) is 15.5. The number of phenolic OH excluding ortho intramolecular Hbond substituents is 1. The minimum atomic E-state index is -0.865. The summed E-state index contributed by atoms with van der Waals surface area (Å²) < 4.78 is 8.97. The topological polar surface area (TPSA) is 114 Å². The first kappa shape index (κ1) is 23.7. The Hall–Kier alpha value is -3.94. The Bertz CT molecular complexity index is 1330. The van der Waals surface area contributed by atoms with Crippen molar-refractivity contribution in [2.45, 2.75) is 25.7 Å². The van der Waals surface area contributed by atoms with E-state index < -0.39 is 23.8 Å². The number of aromatic hydroxyl groups is 1. The Kier molecular flexibility index (Phi) is 6.67. The summed E-state index contributed by atoms with van der Waals surface area (Å²) in [6.45, 7) is 3.33. The quantitative estimate of drug-likeness (QED) is 0.412. The van der Waals surface area contributed by atoms with E-state index in [4.69, 9.17) is 14.9 Å². The van der Waals surface area contributed by atoms with Gasteiger partial charge in [-0.25, -0.2) is 0 Å². The Balaban J connectivity index is 0.000000186. The van der Waals surface area contributed by atoms with Crippen LogP contribution in [0, 0.1) is 0 Å². The molecule has 4 aromatic rings. The van der Waals surface area contributed by atoms with Crippen LogP contribution in [-0.2, 0) is 23.7 Å². The van der Waals surface area contributed by atoms with Gasteiger partial charge in [-0.2, -0.15) is 0 Å². The molecule has 3 N–H and O–H groups in total. The van der Waals surface area contributed by atoms with Crippen molar-refractivity contribution in [3.63, 3.8) is 0 Å². The summed E-state index contributed by atoms with van der Waals surface area (Å²) in [6.07, 6.45) is 3.66. The molecule has 2 heterocycles. The van der Waals surface area contributed by atoms with Gasteiger partial charge in [-0.3, -0.25) is 9.59 Å². The summed E-state index contributed by atoms with van der Waals surface area (Å²) in [6, 6.07) is 10.7. The molecule has 0 saturated heterocycles. The van der Waals surface area contributed by atoms with Crippen LogP contribution >= 0.6 is 0 Å². The van der Waals surface area contributed by atoms with Crippen LogP contribution in [0.1, 0.15) is 36.8 Å². The van der Waals surface area contributed by atoms with E-state index in [9.17, 15) is 14.7 Å². The van der Waals surface area contributed by atoms with Crippen LogP contribution in [0.15, 0.2) is 48.8 Å². The molecule has 0 amide bonds. The van der Waals surface area contributed by atoms with Crippen LogP contribution in [0.3, 0.4) is 0 Å². The van der Waals surface area contributed by atoms with E-state index >= 15 is 0 Å². The molecule has 33 heavy (non-hydrogen) atoms. The number of rotatable bonds is 5. The summed E-state index contributed by atoms with van der Waals surface area (Å²) in [4.78, 5) is 22.0. The number of carboxylic acid groups (broad SMARTS) is 2. The van der Waals surface area contributed by atoms with Crippen molar-refractivity contribution in [3.8, 4) is 11.5 Å². The zero-order valence-corrected chi connectivity index (χ0v) is 19.2. The van der Waals surface area contributed by atoms with Crippen LogP contribution in [0.4, 0.5) is 0 Å². The number of aryl methyl sites for hydroxylation is 2. The minimum Gasteiger partial charge on any atom is -0.508 e. The van der Waals surface area contributed by atoms with Crippen molar-refractivity contribution in [1.82, 2.24) is 9.13 Å². The largest absolute Gasteiger partial charge is 0.508 e. The molecule has 2 aromatic carbocycles. The number of hydrogen-bond donors (Lipinski definition) is 3. The number of methoxy groups -OCH3 is 1. The lowest BCUT2D eigenvalue weighted by Crippen LogP contribution is -2.06. The molecule has 0 radical (unpaired) electrons. The van der Waals surface area contributed by atoms with Gasteiger partial charge >= 0.3 is 11.9 Å². The lowest BCUT2D eigenvalue weighted by atomic mass is 10.0. The molecule has 2 atom stereocenters. The molecule has 0 aliphatic rings. The summed E-state index contributed by atoms with van der Waals surface area (Å²) in [5, 5.41) is 29.2. The first-order valence-corrected chi connectivity index (χ1v) is 10.4. The number of aromatic nitrogens is 2. The molecule has 0 aliphatic heterocycles. The lowest BCUT2D eigenvalue weighted by Gasteiger charge is -2.05. The van der Waals surface area contributed by atoms with Gasteiger partial charge in [0.25, 0.3) is 0 Å². The van der Waals surface area contributed by atoms with Gasteiger partial charge in [0.05, 0.1) is 18.9 Å². The third kappa shape index (κ3) is 4.64. The van der Waals surface area contributed by atoms with Gasteiger partial charge in [-0.05, 0) is 61.4 Å². The fourth-order valence-corrected chi connectivity index (χ4v) is 3.90. The summed E-state index contributed by atoms with van der Waals surface area (Å²) >= 11 is 0. The summed E-state index contributed by atoms with van der Waals surface area (Å²) in [5.74, 6) is -1.90. The summed E-state index contributed by atoms with van der Waals surface area (Å²) in [7, 11) is 5.37. The highest BCUT2D eigenvalue weighted by Crippen LogP contribution is 2.31. The highest BCUT2D eigenvalue weighted by molar-refractivity contribution is 5.91. The molecular weight excluding hydrogens is 424 g/mol. The van der Waals surface area contributed by atoms with E-state index in [1.165, 1.54) is 0 Å². The number of ether oxygens (including phenoxy) is 1. The predicted octanol–water partition coefficient (Wildman–Crippen LogP) is 4.45. The van der Waals surface area contributed by atoms with Gasteiger partial charge in [0, 0.05) is 48.3 Å². The molecule has 4 rings (SSSR count). The van der Waals surface area contributed by atoms with Gasteiger partial charge in [0.15, 0.2) is 0 Å². The second-order valence-corrected chi connectivity index (χ2v) is 8.10. The second kappa shape index (κ2) is 9.28. The van der Waals surface area contributed by atoms with E-state index in [-0.39, 0.29) is 5.75 Å². The SMILES string of the molecule is CC(C(=O)O)c1cn(C)c2ccc(O)cc12.COc1ccc2c(c1)c(C(C)C(=O)O)cn2C. The molecule has 0 bridgehead atoms. The average molecular weight is 453 g/mol. The molecule has 8 heteroatoms. The van der Waals surface area contributed by atoms with Crippen LogP contribution in [-0.4, -0.2) is 43.5 Å². The zero-order valence-electron chi connectivity index (χ0n) is 19.2. The molecule has 0 spiro atoms. The number of aliphatic carboxylic acids is 2. The van der Waals surface area contributed by atoms with Crippen LogP contribution in [0.2, 0.25) is 0 Å². The number of carbonyl (C=O) groups is 2. The molecule has 2 unspecified atom stereocenters. The van der Waals surface area contributed by atoms with E-state index in [2.05, 4.69) is 0 Å². The number of hydrogen-bond acceptors (Lipinski definition) is 4. The van der Waals surface area contributed by atoms with Gasteiger partial charge in [0.1, 0.15) is 11.5 Å². The normalized spacial score (nSPS) is 12.8. The predicted molar refractivity (Wildman–Crippen MR) is 126 cm³/mol. The highest BCUT2D eigenvalue weighted by Gasteiger charge is 2.20. The Morgan fingerprint density at radius 1 is 0.818 bits per heavy atom. The number of fused-ring (bicyclic) bond motifs is 2. The van der Waals surface area contributed by atoms with Gasteiger partial charge in [0.2, 0.25) is 0 Å². The first-order valence-electron chi connectivity index (χ1n) is 10.4. The van der Waals surface area contributed by atoms with E-state index in [1.54, 1.807) is 45.4 Å². The van der Waals surface area contributed by atoms with Crippen molar-refractivity contribution >= 4 is 33.7 Å². The molecular formula is C25H28N2O6. The van der Waals surface area contributed by atoms with Gasteiger partial charge in [-0.1, -0.05) is 0 Å². The van der Waals surface area contributed by atoms with E-state index in [1.807, 2.05) is 47.6 Å². The van der Waals surface area contributed by atoms with Crippen molar-refractivity contribution in [2.75, 3.05) is 7.11 Å². The van der Waals surface area contributed by atoms with Gasteiger partial charge < -0.3 is 29.2 Å². The molecule has 8 nitrogen and oxygen atoms in total. The van der Waals surface area contributed by atoms with Crippen LogP contribution in [0.25, 0.3) is 21.8 Å². The van der Waals surface area contributed by atoms with Crippen molar-refractivity contribution in [3.05, 3.63) is 59.9 Å².